The van der Waals surface area contributed by atoms with Crippen LogP contribution in [0.4, 0.5) is 0 Å². The molecule has 0 radical (unpaired) electrons. The first-order chi connectivity index (χ1) is 12.3. The molecule has 6 nitrogen and oxygen atoms in total. The van der Waals surface area contributed by atoms with Crippen molar-refractivity contribution in [3.05, 3.63) is 78.8 Å². The molecular formula is C19H17N3O3. The van der Waals surface area contributed by atoms with Crippen LogP contribution in [0.15, 0.2) is 73.2 Å². The van der Waals surface area contributed by atoms with Gasteiger partial charge in [0.15, 0.2) is 6.61 Å². The van der Waals surface area contributed by atoms with Crippen molar-refractivity contribution in [2.24, 2.45) is 0 Å². The van der Waals surface area contributed by atoms with Gasteiger partial charge < -0.3 is 14.8 Å². The van der Waals surface area contributed by atoms with Gasteiger partial charge in [-0.05, 0) is 29.8 Å². The Morgan fingerprint density at radius 2 is 1.92 bits per heavy atom. The number of amides is 1. The lowest BCUT2D eigenvalue weighted by Gasteiger charge is -2.09. The number of aromatic nitrogens is 2. The van der Waals surface area contributed by atoms with Crippen molar-refractivity contribution in [1.29, 1.82) is 0 Å². The topological polar surface area (TPSA) is 73.3 Å². The van der Waals surface area contributed by atoms with Crippen molar-refractivity contribution in [1.82, 2.24) is 15.3 Å². The fourth-order valence-electron chi connectivity index (χ4n) is 2.06. The first kappa shape index (κ1) is 16.4. The van der Waals surface area contributed by atoms with E-state index in [4.69, 9.17) is 9.47 Å². The minimum Gasteiger partial charge on any atom is -0.484 e. The summed E-state index contributed by atoms with van der Waals surface area (Å²) in [5.41, 5.74) is 0.932. The Balaban J connectivity index is 1.49. The Hall–Kier alpha value is -3.41. The van der Waals surface area contributed by atoms with Crippen LogP contribution in [0.5, 0.6) is 17.4 Å². The maximum absolute atomic E-state index is 11.9. The van der Waals surface area contributed by atoms with Gasteiger partial charge in [0.25, 0.3) is 5.91 Å². The standard InChI is InChI=1S/C19H17N3O3/c23-18(22-13-15-5-4-9-20-12-15)14-24-16-6-3-7-17(11-16)25-19-8-1-2-10-21-19/h1-12H,13-14H2,(H,22,23). The second kappa shape index (κ2) is 8.44. The van der Waals surface area contributed by atoms with Gasteiger partial charge in [-0.1, -0.05) is 18.2 Å². The number of ether oxygens (including phenoxy) is 2. The molecule has 0 fully saturated rings. The van der Waals surface area contributed by atoms with Crippen LogP contribution in [0, 0.1) is 0 Å². The van der Waals surface area contributed by atoms with E-state index in [-0.39, 0.29) is 12.5 Å². The molecule has 2 heterocycles. The average molecular weight is 335 g/mol. The van der Waals surface area contributed by atoms with Crippen LogP contribution in [-0.4, -0.2) is 22.5 Å². The number of carbonyl (C=O) groups is 1. The molecule has 3 rings (SSSR count). The second-order valence-corrected chi connectivity index (χ2v) is 5.17. The highest BCUT2D eigenvalue weighted by molar-refractivity contribution is 5.77. The molecule has 0 bridgehead atoms. The van der Waals surface area contributed by atoms with Gasteiger partial charge in [-0.25, -0.2) is 4.98 Å². The second-order valence-electron chi connectivity index (χ2n) is 5.17. The zero-order valence-corrected chi connectivity index (χ0v) is 13.5. The lowest BCUT2D eigenvalue weighted by molar-refractivity contribution is -0.123. The summed E-state index contributed by atoms with van der Waals surface area (Å²) < 4.78 is 11.1. The maximum atomic E-state index is 11.9. The first-order valence-electron chi connectivity index (χ1n) is 7.77. The van der Waals surface area contributed by atoms with Crippen LogP contribution in [-0.2, 0) is 11.3 Å². The molecule has 0 atom stereocenters. The van der Waals surface area contributed by atoms with E-state index >= 15 is 0 Å². The molecule has 1 aromatic carbocycles. The SMILES string of the molecule is O=C(COc1cccc(Oc2ccccn2)c1)NCc1cccnc1. The highest BCUT2D eigenvalue weighted by Gasteiger charge is 2.05. The normalized spacial score (nSPS) is 10.1. The van der Waals surface area contributed by atoms with E-state index < -0.39 is 0 Å². The Kier molecular flexibility index (Phi) is 5.56. The molecule has 0 unspecified atom stereocenters. The lowest BCUT2D eigenvalue weighted by Crippen LogP contribution is -2.28. The van der Waals surface area contributed by atoms with Crippen LogP contribution >= 0.6 is 0 Å². The highest BCUT2D eigenvalue weighted by Crippen LogP contribution is 2.23. The van der Waals surface area contributed by atoms with Crippen molar-refractivity contribution in [2.45, 2.75) is 6.54 Å². The molecule has 2 aromatic heterocycles. The predicted octanol–water partition coefficient (Wildman–Crippen LogP) is 2.96. The zero-order chi connectivity index (χ0) is 17.3. The molecule has 25 heavy (non-hydrogen) atoms. The van der Waals surface area contributed by atoms with Crippen molar-refractivity contribution >= 4 is 5.91 Å². The van der Waals surface area contributed by atoms with E-state index in [1.54, 1.807) is 48.9 Å². The fourth-order valence-corrected chi connectivity index (χ4v) is 2.06. The molecule has 0 saturated carbocycles. The number of carbonyl (C=O) groups excluding carboxylic acids is 1. The van der Waals surface area contributed by atoms with Crippen LogP contribution < -0.4 is 14.8 Å². The predicted molar refractivity (Wildman–Crippen MR) is 92.3 cm³/mol. The number of nitrogens with one attached hydrogen (secondary N) is 1. The van der Waals surface area contributed by atoms with Crippen molar-refractivity contribution in [2.75, 3.05) is 6.61 Å². The summed E-state index contributed by atoms with van der Waals surface area (Å²) in [6.07, 6.45) is 5.05. The Morgan fingerprint density at radius 3 is 2.72 bits per heavy atom. The largest absolute Gasteiger partial charge is 0.484 e. The lowest BCUT2D eigenvalue weighted by atomic mass is 10.3. The summed E-state index contributed by atoms with van der Waals surface area (Å²) in [4.78, 5) is 20.0. The van der Waals surface area contributed by atoms with E-state index in [0.717, 1.165) is 5.56 Å². The van der Waals surface area contributed by atoms with Gasteiger partial charge in [0.05, 0.1) is 0 Å². The molecule has 0 spiro atoms. The van der Waals surface area contributed by atoms with Crippen LogP contribution in [0.1, 0.15) is 5.56 Å². The quantitative estimate of drug-likeness (QED) is 0.718. The molecule has 6 heteroatoms. The number of hydrogen-bond acceptors (Lipinski definition) is 5. The molecular weight excluding hydrogens is 318 g/mol. The molecule has 0 aliphatic rings. The fraction of sp³-hybridized carbons (Fsp3) is 0.105. The van der Waals surface area contributed by atoms with Gasteiger partial charge in [0.1, 0.15) is 11.5 Å². The van der Waals surface area contributed by atoms with Gasteiger partial charge >= 0.3 is 0 Å². The van der Waals surface area contributed by atoms with Gasteiger partial charge in [0.2, 0.25) is 5.88 Å². The number of nitrogens with zero attached hydrogens (tertiary/aromatic N) is 2. The van der Waals surface area contributed by atoms with E-state index in [0.29, 0.717) is 23.9 Å². The minimum absolute atomic E-state index is 0.0761. The Morgan fingerprint density at radius 1 is 1.00 bits per heavy atom. The number of rotatable bonds is 7. The van der Waals surface area contributed by atoms with Gasteiger partial charge in [-0.2, -0.15) is 0 Å². The summed E-state index contributed by atoms with van der Waals surface area (Å²) >= 11 is 0. The third-order valence-electron chi connectivity index (χ3n) is 3.25. The summed E-state index contributed by atoms with van der Waals surface area (Å²) in [7, 11) is 0. The monoisotopic (exact) mass is 335 g/mol. The minimum atomic E-state index is -0.208. The van der Waals surface area contributed by atoms with Crippen LogP contribution in [0.25, 0.3) is 0 Å². The van der Waals surface area contributed by atoms with Crippen molar-refractivity contribution in [3.63, 3.8) is 0 Å². The van der Waals surface area contributed by atoms with E-state index in [2.05, 4.69) is 15.3 Å². The van der Waals surface area contributed by atoms with E-state index in [9.17, 15) is 4.79 Å². The zero-order valence-electron chi connectivity index (χ0n) is 13.5. The summed E-state index contributed by atoms with van der Waals surface area (Å²) in [6, 6.07) is 16.2. The maximum Gasteiger partial charge on any atom is 0.258 e. The van der Waals surface area contributed by atoms with Crippen molar-refractivity contribution in [3.8, 4) is 17.4 Å². The highest BCUT2D eigenvalue weighted by atomic mass is 16.5. The molecule has 1 amide bonds. The Bertz CT molecular complexity index is 810. The van der Waals surface area contributed by atoms with E-state index in [1.165, 1.54) is 0 Å². The smallest absolute Gasteiger partial charge is 0.258 e. The van der Waals surface area contributed by atoms with Crippen LogP contribution in [0.3, 0.4) is 0 Å². The van der Waals surface area contributed by atoms with Gasteiger partial charge in [-0.3, -0.25) is 9.78 Å². The third kappa shape index (κ3) is 5.31. The molecule has 3 aromatic rings. The van der Waals surface area contributed by atoms with Gasteiger partial charge in [-0.15, -0.1) is 0 Å². The van der Waals surface area contributed by atoms with E-state index in [1.807, 2.05) is 24.3 Å². The molecule has 1 N–H and O–H groups in total. The van der Waals surface area contributed by atoms with Crippen LogP contribution in [0.2, 0.25) is 0 Å². The number of pyridine rings is 2. The summed E-state index contributed by atoms with van der Waals surface area (Å²) in [5.74, 6) is 1.42. The molecule has 0 saturated heterocycles. The number of hydrogen-bond donors (Lipinski definition) is 1. The summed E-state index contributed by atoms with van der Waals surface area (Å²) in [6.45, 7) is 0.339. The van der Waals surface area contributed by atoms with Gasteiger partial charge in [0, 0.05) is 37.3 Å². The number of benzene rings is 1. The molecule has 126 valence electrons. The first-order valence-corrected chi connectivity index (χ1v) is 7.77. The van der Waals surface area contributed by atoms with Crippen molar-refractivity contribution < 1.29 is 14.3 Å². The molecule has 0 aliphatic heterocycles. The average Bonchev–Trinajstić information content (AvgIpc) is 2.67. The third-order valence-corrected chi connectivity index (χ3v) is 3.25. The summed E-state index contributed by atoms with van der Waals surface area (Å²) in [5, 5.41) is 2.78. The Labute approximate surface area is 145 Å². The molecule has 0 aliphatic carbocycles.